The number of piperazine rings is 1. The van der Waals surface area contributed by atoms with Crippen molar-refractivity contribution in [3.8, 4) is 17.3 Å². The molecule has 10 nitrogen and oxygen atoms in total. The van der Waals surface area contributed by atoms with Gasteiger partial charge in [0.25, 0.3) is 0 Å². The van der Waals surface area contributed by atoms with Gasteiger partial charge in [-0.15, -0.1) is 0 Å². The van der Waals surface area contributed by atoms with E-state index in [2.05, 4.69) is 28.0 Å². The second kappa shape index (κ2) is 11.2. The molecule has 0 spiro atoms. The molecule has 2 aromatic carbocycles. The van der Waals surface area contributed by atoms with E-state index in [1.807, 2.05) is 18.0 Å². The summed E-state index contributed by atoms with van der Waals surface area (Å²) in [4.78, 5) is 30.9. The first-order valence-corrected chi connectivity index (χ1v) is 15.1. The molecule has 0 atom stereocenters. The van der Waals surface area contributed by atoms with Gasteiger partial charge in [0.2, 0.25) is 5.91 Å². The second-order valence-corrected chi connectivity index (χ2v) is 12.1. The van der Waals surface area contributed by atoms with Crippen molar-refractivity contribution in [2.24, 2.45) is 0 Å². The van der Waals surface area contributed by atoms with Crippen molar-refractivity contribution in [1.82, 2.24) is 19.8 Å². The van der Waals surface area contributed by atoms with Crippen LogP contribution >= 0.6 is 11.3 Å². The molecule has 5 heterocycles. The molecule has 220 valence electrons. The maximum absolute atomic E-state index is 13.6. The van der Waals surface area contributed by atoms with E-state index in [0.717, 1.165) is 59.7 Å². The molecule has 43 heavy (non-hydrogen) atoms. The molecule has 7 rings (SSSR count). The van der Waals surface area contributed by atoms with Crippen molar-refractivity contribution in [1.29, 1.82) is 5.26 Å². The van der Waals surface area contributed by atoms with E-state index >= 15 is 0 Å². The lowest BCUT2D eigenvalue weighted by Gasteiger charge is -2.39. The second-order valence-electron chi connectivity index (χ2n) is 11.1. The first-order valence-electron chi connectivity index (χ1n) is 14.2. The minimum Gasteiger partial charge on any atom is -0.389 e. The Balaban J connectivity index is 1.18. The fourth-order valence-corrected chi connectivity index (χ4v) is 6.82. The normalized spacial score (nSPS) is 17.2. The highest BCUT2D eigenvalue weighted by Gasteiger charge is 2.31. The lowest BCUT2D eigenvalue weighted by atomic mass is 10.0. The number of hydrogen-bond donors (Lipinski definition) is 1. The number of β-amino-alcohol motifs (C(OH)–C–C–N with tert-alkyl or cyclic N) is 1. The van der Waals surface area contributed by atoms with Gasteiger partial charge < -0.3 is 24.5 Å². The zero-order valence-electron chi connectivity index (χ0n) is 23.7. The van der Waals surface area contributed by atoms with Crippen LogP contribution in [-0.4, -0.2) is 89.7 Å². The van der Waals surface area contributed by atoms with Gasteiger partial charge in [0, 0.05) is 68.5 Å². The summed E-state index contributed by atoms with van der Waals surface area (Å²) >= 11 is 1.30. The molecule has 2 fully saturated rings. The van der Waals surface area contributed by atoms with E-state index in [0.29, 0.717) is 54.1 Å². The summed E-state index contributed by atoms with van der Waals surface area (Å²) in [7, 11) is 1.95. The Labute approximate surface area is 252 Å². The van der Waals surface area contributed by atoms with Crippen molar-refractivity contribution >= 4 is 44.7 Å². The highest BCUT2D eigenvalue weighted by molar-refractivity contribution is 7.16. The Morgan fingerprint density at radius 1 is 1.14 bits per heavy atom. The van der Waals surface area contributed by atoms with Gasteiger partial charge in [-0.1, -0.05) is 11.3 Å². The minimum atomic E-state index is -0.388. The van der Waals surface area contributed by atoms with E-state index in [-0.39, 0.29) is 17.8 Å². The summed E-state index contributed by atoms with van der Waals surface area (Å²) in [6, 6.07) is 14.6. The van der Waals surface area contributed by atoms with Crippen LogP contribution in [0.2, 0.25) is 0 Å². The van der Waals surface area contributed by atoms with Gasteiger partial charge >= 0.3 is 0 Å². The Hall–Kier alpha value is -4.15. The number of halogens is 1. The van der Waals surface area contributed by atoms with Crippen molar-refractivity contribution < 1.29 is 19.0 Å². The fraction of sp³-hybridized carbons (Fsp3) is 0.355. The Bertz CT molecular complexity index is 1740. The van der Waals surface area contributed by atoms with Gasteiger partial charge in [-0.3, -0.25) is 9.69 Å². The number of pyridine rings is 1. The number of carbonyl (C=O) groups excluding carboxylic acids is 1. The van der Waals surface area contributed by atoms with Gasteiger partial charge in [-0.2, -0.15) is 5.26 Å². The molecular weight excluding hydrogens is 569 g/mol. The van der Waals surface area contributed by atoms with Crippen LogP contribution in [0.3, 0.4) is 0 Å². The molecule has 3 aliphatic rings. The number of rotatable bonds is 6. The molecule has 1 N–H and O–H groups in total. The lowest BCUT2D eigenvalue weighted by Crippen LogP contribution is -2.57. The fourth-order valence-electron chi connectivity index (χ4n) is 5.97. The van der Waals surface area contributed by atoms with Gasteiger partial charge in [0.05, 0.1) is 42.8 Å². The lowest BCUT2D eigenvalue weighted by molar-refractivity contribution is -0.142. The zero-order chi connectivity index (χ0) is 29.7. The van der Waals surface area contributed by atoms with Crippen molar-refractivity contribution in [3.63, 3.8) is 0 Å². The largest absolute Gasteiger partial charge is 0.389 e. The number of amides is 1. The highest BCUT2D eigenvalue weighted by Crippen LogP contribution is 2.42. The van der Waals surface area contributed by atoms with Crippen molar-refractivity contribution in [2.75, 3.05) is 62.7 Å². The topological polar surface area (TPSA) is 109 Å². The number of hydrogen-bond acceptors (Lipinski definition) is 10. The third kappa shape index (κ3) is 5.19. The van der Waals surface area contributed by atoms with Gasteiger partial charge in [-0.25, -0.2) is 14.4 Å². The molecule has 0 bridgehead atoms. The number of ether oxygens (including phenoxy) is 1. The molecular formula is C31H30FN7O3S. The standard InChI is InChI=1S/C31H30FN7O3S/c1-36(31-35-29(27(13-33)43-31)19-2-4-20(32)5-3-19)30-23-12-21(6-7-25(23)34-26-18-42-17-24(26)30)38-10-8-37(9-11-38)16-28(41)39-14-22(40)15-39/h2-7,12,22,40H,8-11,14-18H2,1H3. The molecule has 1 amide bonds. The van der Waals surface area contributed by atoms with Crippen molar-refractivity contribution in [2.45, 2.75) is 19.3 Å². The maximum Gasteiger partial charge on any atom is 0.236 e. The number of anilines is 3. The minimum absolute atomic E-state index is 0.0728. The number of aliphatic hydroxyl groups excluding tert-OH is 1. The number of nitrogens with zero attached hydrogens (tertiary/aromatic N) is 7. The quantitative estimate of drug-likeness (QED) is 0.356. The van der Waals surface area contributed by atoms with E-state index in [1.165, 1.54) is 23.5 Å². The molecule has 2 saturated heterocycles. The number of likely N-dealkylation sites (tertiary alicyclic amines) is 1. The SMILES string of the molecule is CN(c1nc(-c2ccc(F)cc2)c(C#N)s1)c1c2c(nc3ccc(N4CCN(CC(=O)N5CC(O)C5)CC4)cc13)COC2. The number of carbonyl (C=O) groups is 1. The molecule has 0 radical (unpaired) electrons. The van der Waals surface area contributed by atoms with E-state index in [4.69, 9.17) is 14.7 Å². The first-order chi connectivity index (χ1) is 20.9. The van der Waals surface area contributed by atoms with Crippen LogP contribution < -0.4 is 9.80 Å². The van der Waals surface area contributed by atoms with Gasteiger partial charge in [0.1, 0.15) is 22.5 Å². The van der Waals surface area contributed by atoms with Crippen LogP contribution in [0.25, 0.3) is 22.2 Å². The highest BCUT2D eigenvalue weighted by atomic mass is 32.1. The average molecular weight is 600 g/mol. The van der Waals surface area contributed by atoms with Crippen LogP contribution in [0.4, 0.5) is 20.9 Å². The average Bonchev–Trinajstić information content (AvgIpc) is 3.66. The smallest absolute Gasteiger partial charge is 0.236 e. The van der Waals surface area contributed by atoms with E-state index in [1.54, 1.807) is 17.0 Å². The van der Waals surface area contributed by atoms with Gasteiger partial charge in [0.15, 0.2) is 5.13 Å². The predicted octanol–water partition coefficient (Wildman–Crippen LogP) is 3.49. The summed E-state index contributed by atoms with van der Waals surface area (Å²) in [6.07, 6.45) is -0.388. The summed E-state index contributed by atoms with van der Waals surface area (Å²) in [6.45, 7) is 5.22. The summed E-state index contributed by atoms with van der Waals surface area (Å²) < 4.78 is 19.4. The molecule has 4 aromatic rings. The molecule has 2 aromatic heterocycles. The number of benzene rings is 2. The van der Waals surface area contributed by atoms with Gasteiger partial charge in [-0.05, 0) is 42.5 Å². The monoisotopic (exact) mass is 599 g/mol. The number of nitriles is 1. The summed E-state index contributed by atoms with van der Waals surface area (Å²) in [5.74, 6) is -0.268. The summed E-state index contributed by atoms with van der Waals surface area (Å²) in [5, 5.41) is 21.0. The number of fused-ring (bicyclic) bond motifs is 2. The van der Waals surface area contributed by atoms with E-state index in [9.17, 15) is 19.6 Å². The maximum atomic E-state index is 13.6. The zero-order valence-corrected chi connectivity index (χ0v) is 24.5. The number of thiazole rings is 1. The molecule has 0 unspecified atom stereocenters. The number of aliphatic hydroxyl groups is 1. The Kier molecular flexibility index (Phi) is 7.18. The molecule has 3 aliphatic heterocycles. The van der Waals surface area contributed by atoms with E-state index < -0.39 is 0 Å². The third-order valence-corrected chi connectivity index (χ3v) is 9.42. The summed E-state index contributed by atoms with van der Waals surface area (Å²) in [5.41, 5.74) is 5.99. The molecule has 0 aliphatic carbocycles. The van der Waals surface area contributed by atoms with Crippen LogP contribution in [0.15, 0.2) is 42.5 Å². The third-order valence-electron chi connectivity index (χ3n) is 8.38. The number of aromatic nitrogens is 2. The molecule has 0 saturated carbocycles. The Morgan fingerprint density at radius 3 is 2.63 bits per heavy atom. The first kappa shape index (κ1) is 27.7. The van der Waals surface area contributed by atoms with Crippen LogP contribution in [0.5, 0.6) is 0 Å². The molecule has 12 heteroatoms. The van der Waals surface area contributed by atoms with Crippen LogP contribution in [-0.2, 0) is 22.7 Å². The van der Waals surface area contributed by atoms with Crippen LogP contribution in [0, 0.1) is 17.1 Å². The van der Waals surface area contributed by atoms with Crippen LogP contribution in [0.1, 0.15) is 16.1 Å². The Morgan fingerprint density at radius 2 is 1.91 bits per heavy atom. The predicted molar refractivity (Wildman–Crippen MR) is 162 cm³/mol. The van der Waals surface area contributed by atoms with Crippen molar-refractivity contribution in [3.05, 3.63) is 64.4 Å².